The first-order valence-corrected chi connectivity index (χ1v) is 6.46. The number of nitrogens with zero attached hydrogens (tertiary/aromatic N) is 2. The van der Waals surface area contributed by atoms with E-state index in [0.29, 0.717) is 0 Å². The summed E-state index contributed by atoms with van der Waals surface area (Å²) in [6, 6.07) is 9.49. The number of isocyanates is 2. The van der Waals surface area contributed by atoms with Gasteiger partial charge in [-0.2, -0.15) is 4.99 Å². The summed E-state index contributed by atoms with van der Waals surface area (Å²) in [5.74, 6) is 5.67. The molecule has 1 aromatic carbocycles. The molecule has 1 aromatic rings. The van der Waals surface area contributed by atoms with Crippen LogP contribution < -0.4 is 0 Å². The number of benzene rings is 1. The van der Waals surface area contributed by atoms with E-state index >= 15 is 0 Å². The van der Waals surface area contributed by atoms with Gasteiger partial charge in [-0.15, -0.1) is 5.92 Å². The second kappa shape index (κ2) is 8.66. The summed E-state index contributed by atoms with van der Waals surface area (Å²) in [7, 11) is 0. The molecular formula is C17H20N2O2. The highest BCUT2D eigenvalue weighted by atomic mass is 16.1. The average molecular weight is 284 g/mol. The van der Waals surface area contributed by atoms with Crippen LogP contribution in [0.15, 0.2) is 40.3 Å². The van der Waals surface area contributed by atoms with Crippen molar-refractivity contribution in [2.24, 2.45) is 9.98 Å². The van der Waals surface area contributed by atoms with Crippen LogP contribution in [-0.2, 0) is 15.1 Å². The lowest BCUT2D eigenvalue weighted by atomic mass is 9.93. The molecule has 1 rings (SSSR count). The lowest BCUT2D eigenvalue weighted by Crippen LogP contribution is -2.15. The molecule has 0 spiro atoms. The van der Waals surface area contributed by atoms with Crippen LogP contribution in [0.5, 0.6) is 0 Å². The molecule has 1 atom stereocenters. The molecule has 21 heavy (non-hydrogen) atoms. The Morgan fingerprint density at radius 1 is 0.905 bits per heavy atom. The van der Waals surface area contributed by atoms with E-state index < -0.39 is 5.54 Å². The normalized spacial score (nSPS) is 12.0. The molecule has 0 saturated heterocycles. The van der Waals surface area contributed by atoms with Crippen LogP contribution in [0.4, 0.5) is 0 Å². The lowest BCUT2D eigenvalue weighted by molar-refractivity contribution is 0.534. The van der Waals surface area contributed by atoms with Gasteiger partial charge in [0.05, 0.1) is 5.54 Å². The Kier molecular flexibility index (Phi) is 7.65. The van der Waals surface area contributed by atoms with E-state index in [2.05, 4.69) is 21.8 Å². The van der Waals surface area contributed by atoms with Gasteiger partial charge in [0.25, 0.3) is 0 Å². The number of rotatable bonds is 2. The topological polar surface area (TPSA) is 58.9 Å². The minimum Gasteiger partial charge on any atom is -0.211 e. The van der Waals surface area contributed by atoms with Gasteiger partial charge in [-0.3, -0.25) is 0 Å². The Balaban J connectivity index is 0.000000486. The Bertz CT molecular complexity index is 593. The van der Waals surface area contributed by atoms with Gasteiger partial charge in [0.1, 0.15) is 0 Å². The predicted molar refractivity (Wildman–Crippen MR) is 83.2 cm³/mol. The van der Waals surface area contributed by atoms with Crippen LogP contribution in [0.3, 0.4) is 0 Å². The van der Waals surface area contributed by atoms with Crippen LogP contribution in [0.25, 0.3) is 0 Å². The number of hydrogen-bond donors (Lipinski definition) is 0. The van der Waals surface area contributed by atoms with Crippen molar-refractivity contribution in [1.82, 2.24) is 0 Å². The third kappa shape index (κ3) is 7.64. The summed E-state index contributed by atoms with van der Waals surface area (Å²) in [4.78, 5) is 27.0. The van der Waals surface area contributed by atoms with Gasteiger partial charge in [-0.1, -0.05) is 36.3 Å². The largest absolute Gasteiger partial charge is 0.236 e. The summed E-state index contributed by atoms with van der Waals surface area (Å²) in [6.45, 7) is 9.05. The molecule has 0 aliphatic carbocycles. The van der Waals surface area contributed by atoms with E-state index in [0.717, 1.165) is 5.56 Å². The van der Waals surface area contributed by atoms with E-state index in [-0.39, 0.29) is 5.54 Å². The van der Waals surface area contributed by atoms with Crippen molar-refractivity contribution in [3.63, 3.8) is 0 Å². The van der Waals surface area contributed by atoms with Gasteiger partial charge in [-0.25, -0.2) is 14.6 Å². The molecule has 0 aliphatic rings. The van der Waals surface area contributed by atoms with Crippen molar-refractivity contribution in [2.45, 2.75) is 45.7 Å². The third-order valence-corrected chi connectivity index (χ3v) is 2.35. The van der Waals surface area contributed by atoms with Gasteiger partial charge >= 0.3 is 0 Å². The maximum absolute atomic E-state index is 10.3. The molecule has 0 aromatic heterocycles. The Morgan fingerprint density at radius 2 is 1.43 bits per heavy atom. The second-order valence-corrected chi connectivity index (χ2v) is 5.39. The van der Waals surface area contributed by atoms with Crippen LogP contribution in [0.1, 0.15) is 40.2 Å². The van der Waals surface area contributed by atoms with Crippen molar-refractivity contribution < 1.29 is 9.59 Å². The monoisotopic (exact) mass is 284 g/mol. The average Bonchev–Trinajstić information content (AvgIpc) is 2.40. The molecule has 0 amide bonds. The molecule has 0 radical (unpaired) electrons. The van der Waals surface area contributed by atoms with Crippen molar-refractivity contribution in [1.29, 1.82) is 0 Å². The summed E-state index contributed by atoms with van der Waals surface area (Å²) in [5.41, 5.74) is -0.114. The van der Waals surface area contributed by atoms with E-state index in [1.165, 1.54) is 6.08 Å². The fourth-order valence-electron chi connectivity index (χ4n) is 1.40. The van der Waals surface area contributed by atoms with Crippen molar-refractivity contribution in [3.8, 4) is 11.8 Å². The van der Waals surface area contributed by atoms with Crippen molar-refractivity contribution >= 4 is 12.2 Å². The number of hydrogen-bond acceptors (Lipinski definition) is 4. The number of aliphatic imine (C=N–C) groups is 2. The highest BCUT2D eigenvalue weighted by molar-refractivity contribution is 5.42. The third-order valence-electron chi connectivity index (χ3n) is 2.35. The fraction of sp³-hybridized carbons (Fsp3) is 0.412. The van der Waals surface area contributed by atoms with Gasteiger partial charge in [-0.05, 0) is 40.2 Å². The second-order valence-electron chi connectivity index (χ2n) is 5.39. The maximum Gasteiger partial charge on any atom is 0.236 e. The fourth-order valence-corrected chi connectivity index (χ4v) is 1.40. The predicted octanol–water partition coefficient (Wildman–Crippen LogP) is 3.38. The standard InChI is InChI=1S/C12H11NO.C5H9NO/c1-3-9-12(2,13-10-14)11-7-5-4-6-8-11;1-5(2,3)6-4-7/h4-8H,1-2H3;1-3H3. The Morgan fingerprint density at radius 3 is 1.76 bits per heavy atom. The van der Waals surface area contributed by atoms with Crippen LogP contribution in [0.2, 0.25) is 0 Å². The smallest absolute Gasteiger partial charge is 0.211 e. The molecule has 0 saturated carbocycles. The quantitative estimate of drug-likeness (QED) is 0.475. The molecule has 0 fully saturated rings. The summed E-state index contributed by atoms with van der Waals surface area (Å²) < 4.78 is 0. The minimum atomic E-state index is -0.766. The SMILES string of the molecule is CC#CC(C)(N=C=O)c1ccccc1.CC(C)(C)N=C=O. The van der Waals surface area contributed by atoms with Gasteiger partial charge in [0, 0.05) is 0 Å². The van der Waals surface area contributed by atoms with Crippen molar-refractivity contribution in [3.05, 3.63) is 35.9 Å². The lowest BCUT2D eigenvalue weighted by Gasteiger charge is -2.16. The zero-order chi connectivity index (χ0) is 16.4. The molecule has 1 unspecified atom stereocenters. The molecule has 4 nitrogen and oxygen atoms in total. The van der Waals surface area contributed by atoms with E-state index in [1.54, 1.807) is 19.9 Å². The molecule has 0 heterocycles. The van der Waals surface area contributed by atoms with E-state index in [9.17, 15) is 9.59 Å². The van der Waals surface area contributed by atoms with Gasteiger partial charge in [0.15, 0.2) is 5.54 Å². The molecule has 0 aliphatic heterocycles. The number of carbonyl (C=O) groups excluding carboxylic acids is 2. The zero-order valence-corrected chi connectivity index (χ0v) is 13.1. The Hall–Kier alpha value is -2.46. The van der Waals surface area contributed by atoms with Crippen LogP contribution in [0, 0.1) is 11.8 Å². The van der Waals surface area contributed by atoms with Gasteiger partial charge in [0.2, 0.25) is 12.2 Å². The van der Waals surface area contributed by atoms with E-state index in [1.807, 2.05) is 51.1 Å². The Labute approximate surface area is 126 Å². The molecular weight excluding hydrogens is 264 g/mol. The maximum atomic E-state index is 10.3. The van der Waals surface area contributed by atoms with Crippen LogP contribution in [-0.4, -0.2) is 17.7 Å². The molecule has 0 N–H and O–H groups in total. The first kappa shape index (κ1) is 18.5. The van der Waals surface area contributed by atoms with Gasteiger partial charge < -0.3 is 0 Å². The summed E-state index contributed by atoms with van der Waals surface area (Å²) >= 11 is 0. The van der Waals surface area contributed by atoms with Crippen LogP contribution >= 0.6 is 0 Å². The zero-order valence-electron chi connectivity index (χ0n) is 13.1. The summed E-state index contributed by atoms with van der Waals surface area (Å²) in [5, 5.41) is 0. The summed E-state index contributed by atoms with van der Waals surface area (Å²) in [6.07, 6.45) is 3.05. The highest BCUT2D eigenvalue weighted by Crippen LogP contribution is 2.23. The first-order valence-electron chi connectivity index (χ1n) is 6.46. The van der Waals surface area contributed by atoms with E-state index in [4.69, 9.17) is 0 Å². The first-order chi connectivity index (χ1) is 9.79. The molecule has 110 valence electrons. The highest BCUT2D eigenvalue weighted by Gasteiger charge is 2.22. The van der Waals surface area contributed by atoms with Crippen molar-refractivity contribution in [2.75, 3.05) is 0 Å². The molecule has 4 heteroatoms. The minimum absolute atomic E-state index is 0.248. The molecule has 0 bridgehead atoms.